The fraction of sp³-hybridized carbons (Fsp3) is 0.385. The lowest BCUT2D eigenvalue weighted by molar-refractivity contribution is -0.121. The van der Waals surface area contributed by atoms with Crippen LogP contribution in [0.4, 0.5) is 0 Å². The predicted octanol–water partition coefficient (Wildman–Crippen LogP) is 0.125. The summed E-state index contributed by atoms with van der Waals surface area (Å²) >= 11 is 4.90. The van der Waals surface area contributed by atoms with Crippen LogP contribution in [-0.2, 0) is 14.8 Å². The summed E-state index contributed by atoms with van der Waals surface area (Å²) in [6.07, 6.45) is 0.457. The molecule has 1 atom stereocenters. The first kappa shape index (κ1) is 15.9. The molecule has 114 valence electrons. The summed E-state index contributed by atoms with van der Waals surface area (Å²) in [4.78, 5) is 11.6. The van der Waals surface area contributed by atoms with Gasteiger partial charge in [0.2, 0.25) is 15.9 Å². The fourth-order valence-electron chi connectivity index (χ4n) is 2.40. The number of primary amides is 1. The standard InChI is InChI=1S/C13H17N3O3S2/c1-8-6-10(2-3-11(8)13(15)20)21(18,19)16-5-4-9(7-16)12(14)17/h2-3,6,9H,4-5,7H2,1H3,(H2,14,17)(H2,15,20). The molecule has 4 N–H and O–H groups in total. The van der Waals surface area contributed by atoms with Crippen LogP contribution in [0.5, 0.6) is 0 Å². The van der Waals surface area contributed by atoms with Gasteiger partial charge in [0, 0.05) is 18.7 Å². The van der Waals surface area contributed by atoms with Crippen LogP contribution in [0.15, 0.2) is 23.1 Å². The van der Waals surface area contributed by atoms with Crippen molar-refractivity contribution in [3.8, 4) is 0 Å². The third kappa shape index (κ3) is 3.07. The number of hydrogen-bond acceptors (Lipinski definition) is 4. The second-order valence-corrected chi connectivity index (χ2v) is 7.47. The van der Waals surface area contributed by atoms with Crippen LogP contribution >= 0.6 is 12.2 Å². The van der Waals surface area contributed by atoms with Gasteiger partial charge in [0.25, 0.3) is 0 Å². The zero-order valence-corrected chi connectivity index (χ0v) is 13.2. The Morgan fingerprint density at radius 3 is 2.52 bits per heavy atom. The van der Waals surface area contributed by atoms with Gasteiger partial charge in [-0.2, -0.15) is 4.31 Å². The highest BCUT2D eigenvalue weighted by molar-refractivity contribution is 7.89. The van der Waals surface area contributed by atoms with Crippen molar-refractivity contribution >= 4 is 33.1 Å². The summed E-state index contributed by atoms with van der Waals surface area (Å²) in [6, 6.07) is 4.63. The van der Waals surface area contributed by atoms with E-state index in [1.54, 1.807) is 19.1 Å². The Kier molecular flexibility index (Phi) is 4.31. The molecular formula is C13H17N3O3S2. The molecule has 0 spiro atoms. The SMILES string of the molecule is Cc1cc(S(=O)(=O)N2CCC(C(N)=O)C2)ccc1C(N)=S. The minimum Gasteiger partial charge on any atom is -0.389 e. The fourth-order valence-corrected chi connectivity index (χ4v) is 4.22. The maximum atomic E-state index is 12.5. The highest BCUT2D eigenvalue weighted by atomic mass is 32.2. The molecule has 1 aliphatic rings. The Hall–Kier alpha value is -1.51. The summed E-state index contributed by atoms with van der Waals surface area (Å²) in [5.74, 6) is -0.885. The van der Waals surface area contributed by atoms with E-state index >= 15 is 0 Å². The average molecular weight is 327 g/mol. The third-order valence-corrected chi connectivity index (χ3v) is 5.74. The van der Waals surface area contributed by atoms with Gasteiger partial charge >= 0.3 is 0 Å². The molecule has 1 aromatic carbocycles. The van der Waals surface area contributed by atoms with E-state index in [0.29, 0.717) is 24.1 Å². The van der Waals surface area contributed by atoms with E-state index in [1.807, 2.05) is 0 Å². The van der Waals surface area contributed by atoms with Gasteiger partial charge < -0.3 is 11.5 Å². The molecular weight excluding hydrogens is 310 g/mol. The first-order chi connectivity index (χ1) is 9.73. The highest BCUT2D eigenvalue weighted by Gasteiger charge is 2.35. The molecule has 1 fully saturated rings. The van der Waals surface area contributed by atoms with Gasteiger partial charge in [0.15, 0.2) is 0 Å². The number of hydrogen-bond donors (Lipinski definition) is 2. The van der Waals surface area contributed by atoms with Crippen molar-refractivity contribution in [3.05, 3.63) is 29.3 Å². The van der Waals surface area contributed by atoms with Crippen LogP contribution in [0.2, 0.25) is 0 Å². The smallest absolute Gasteiger partial charge is 0.243 e. The van der Waals surface area contributed by atoms with Gasteiger partial charge in [-0.3, -0.25) is 4.79 Å². The van der Waals surface area contributed by atoms with E-state index in [4.69, 9.17) is 23.7 Å². The Morgan fingerprint density at radius 2 is 2.05 bits per heavy atom. The van der Waals surface area contributed by atoms with Crippen molar-refractivity contribution in [3.63, 3.8) is 0 Å². The summed E-state index contributed by atoms with van der Waals surface area (Å²) in [5, 5.41) is 0. The van der Waals surface area contributed by atoms with Crippen molar-refractivity contribution in [2.24, 2.45) is 17.4 Å². The second-order valence-electron chi connectivity index (χ2n) is 5.09. The Bertz CT molecular complexity index is 701. The lowest BCUT2D eigenvalue weighted by Crippen LogP contribution is -2.32. The van der Waals surface area contributed by atoms with Crippen molar-refractivity contribution in [1.82, 2.24) is 4.31 Å². The number of nitrogens with zero attached hydrogens (tertiary/aromatic N) is 1. The molecule has 8 heteroatoms. The van der Waals surface area contributed by atoms with E-state index in [1.165, 1.54) is 10.4 Å². The molecule has 0 aliphatic carbocycles. The van der Waals surface area contributed by atoms with Crippen LogP contribution in [-0.4, -0.2) is 36.7 Å². The molecule has 1 saturated heterocycles. The van der Waals surface area contributed by atoms with Gasteiger partial charge in [-0.1, -0.05) is 18.3 Å². The molecule has 0 radical (unpaired) electrons. The maximum absolute atomic E-state index is 12.5. The number of carbonyl (C=O) groups excluding carboxylic acids is 1. The van der Waals surface area contributed by atoms with Crippen LogP contribution in [0.1, 0.15) is 17.5 Å². The lowest BCUT2D eigenvalue weighted by atomic mass is 10.1. The minimum atomic E-state index is -3.63. The first-order valence-electron chi connectivity index (χ1n) is 6.43. The first-order valence-corrected chi connectivity index (χ1v) is 8.28. The molecule has 0 aromatic heterocycles. The zero-order valence-electron chi connectivity index (χ0n) is 11.6. The highest BCUT2D eigenvalue weighted by Crippen LogP contribution is 2.25. The molecule has 0 bridgehead atoms. The van der Waals surface area contributed by atoms with Crippen molar-refractivity contribution in [2.45, 2.75) is 18.2 Å². The van der Waals surface area contributed by atoms with Crippen LogP contribution in [0, 0.1) is 12.8 Å². The molecule has 1 heterocycles. The quantitative estimate of drug-likeness (QED) is 0.764. The monoisotopic (exact) mass is 327 g/mol. The minimum absolute atomic E-state index is 0.133. The van der Waals surface area contributed by atoms with Crippen LogP contribution in [0.3, 0.4) is 0 Å². The number of benzene rings is 1. The predicted molar refractivity (Wildman–Crippen MR) is 83.1 cm³/mol. The number of nitrogens with two attached hydrogens (primary N) is 2. The molecule has 21 heavy (non-hydrogen) atoms. The van der Waals surface area contributed by atoms with Gasteiger partial charge in [-0.15, -0.1) is 0 Å². The molecule has 1 unspecified atom stereocenters. The van der Waals surface area contributed by atoms with Crippen LogP contribution < -0.4 is 11.5 Å². The normalized spacial score (nSPS) is 19.6. The van der Waals surface area contributed by atoms with Crippen molar-refractivity contribution in [2.75, 3.05) is 13.1 Å². The number of amides is 1. The number of thiocarbonyl (C=S) groups is 1. The Balaban J connectivity index is 2.31. The molecule has 0 saturated carbocycles. The lowest BCUT2D eigenvalue weighted by Gasteiger charge is -2.17. The summed E-state index contributed by atoms with van der Waals surface area (Å²) in [7, 11) is -3.63. The van der Waals surface area contributed by atoms with Gasteiger partial charge in [-0.25, -0.2) is 8.42 Å². The zero-order chi connectivity index (χ0) is 15.8. The van der Waals surface area contributed by atoms with E-state index < -0.39 is 21.8 Å². The van der Waals surface area contributed by atoms with Gasteiger partial charge in [0.1, 0.15) is 4.99 Å². The number of sulfonamides is 1. The third-order valence-electron chi connectivity index (χ3n) is 3.65. The maximum Gasteiger partial charge on any atom is 0.243 e. The average Bonchev–Trinajstić information content (AvgIpc) is 2.88. The molecule has 1 aromatic rings. The van der Waals surface area contributed by atoms with Gasteiger partial charge in [0.05, 0.1) is 10.8 Å². The number of rotatable bonds is 4. The molecule has 6 nitrogen and oxygen atoms in total. The molecule has 1 aliphatic heterocycles. The summed E-state index contributed by atoms with van der Waals surface area (Å²) < 4.78 is 26.4. The van der Waals surface area contributed by atoms with E-state index in [2.05, 4.69) is 0 Å². The topological polar surface area (TPSA) is 106 Å². The van der Waals surface area contributed by atoms with Gasteiger partial charge in [-0.05, 0) is 31.0 Å². The second kappa shape index (κ2) is 5.70. The number of carbonyl (C=O) groups is 1. The van der Waals surface area contributed by atoms with Crippen molar-refractivity contribution in [1.29, 1.82) is 0 Å². The molecule has 2 rings (SSSR count). The summed E-state index contributed by atoms with van der Waals surface area (Å²) in [5.41, 5.74) is 12.2. The van der Waals surface area contributed by atoms with E-state index in [-0.39, 0.29) is 16.4 Å². The Morgan fingerprint density at radius 1 is 1.38 bits per heavy atom. The van der Waals surface area contributed by atoms with E-state index in [9.17, 15) is 13.2 Å². The summed E-state index contributed by atoms with van der Waals surface area (Å²) in [6.45, 7) is 2.18. The number of aryl methyl sites for hydroxylation is 1. The largest absolute Gasteiger partial charge is 0.389 e. The molecule has 1 amide bonds. The van der Waals surface area contributed by atoms with Crippen LogP contribution in [0.25, 0.3) is 0 Å². The van der Waals surface area contributed by atoms with E-state index in [0.717, 1.165) is 0 Å². The van der Waals surface area contributed by atoms with Crippen molar-refractivity contribution < 1.29 is 13.2 Å². The Labute approximate surface area is 129 Å².